The Labute approximate surface area is 132 Å². The van der Waals surface area contributed by atoms with Gasteiger partial charge in [0.1, 0.15) is 0 Å². The fourth-order valence-electron chi connectivity index (χ4n) is 1.94. The molecule has 0 aliphatic carbocycles. The van der Waals surface area contributed by atoms with Crippen molar-refractivity contribution in [2.75, 3.05) is 25.5 Å². The summed E-state index contributed by atoms with van der Waals surface area (Å²) in [5.74, 6) is 0.792. The number of rotatable bonds is 6. The highest BCUT2D eigenvalue weighted by Crippen LogP contribution is 2.21. The van der Waals surface area contributed by atoms with Gasteiger partial charge >= 0.3 is 0 Å². The second-order valence-electron chi connectivity index (χ2n) is 4.53. The Morgan fingerprint density at radius 3 is 2.55 bits per heavy atom. The quantitative estimate of drug-likeness (QED) is 0.771. The van der Waals surface area contributed by atoms with E-state index in [4.69, 9.17) is 4.74 Å². The summed E-state index contributed by atoms with van der Waals surface area (Å²) in [5.41, 5.74) is 0. The van der Waals surface area contributed by atoms with Crippen molar-refractivity contribution < 1.29 is 13.2 Å². The molecule has 20 heavy (non-hydrogen) atoms. The number of benzene rings is 1. The van der Waals surface area contributed by atoms with Gasteiger partial charge in [0.15, 0.2) is 0 Å². The number of ether oxygens (including phenoxy) is 1. The topological polar surface area (TPSA) is 55.4 Å². The molecule has 0 aromatic heterocycles. The third-order valence-electron chi connectivity index (χ3n) is 3.04. The highest BCUT2D eigenvalue weighted by atomic mass is 79.9. The van der Waals surface area contributed by atoms with E-state index in [0.717, 1.165) is 36.3 Å². The Bertz CT molecular complexity index is 513. The van der Waals surface area contributed by atoms with Gasteiger partial charge in [0.05, 0.1) is 4.90 Å². The Hall–Kier alpha value is -0.0800. The predicted octanol–water partition coefficient (Wildman–Crippen LogP) is 2.64. The van der Waals surface area contributed by atoms with Gasteiger partial charge in [-0.2, -0.15) is 11.8 Å². The first-order chi connectivity index (χ1) is 9.58. The van der Waals surface area contributed by atoms with Crippen LogP contribution in [0.15, 0.2) is 33.6 Å². The van der Waals surface area contributed by atoms with Crippen molar-refractivity contribution in [2.45, 2.75) is 23.0 Å². The third kappa shape index (κ3) is 5.04. The van der Waals surface area contributed by atoms with E-state index in [1.807, 2.05) is 11.8 Å². The zero-order valence-electron chi connectivity index (χ0n) is 11.0. The summed E-state index contributed by atoms with van der Waals surface area (Å²) >= 11 is 5.11. The molecule has 1 N–H and O–H groups in total. The summed E-state index contributed by atoms with van der Waals surface area (Å²) < 4.78 is 32.9. The minimum atomic E-state index is -3.39. The summed E-state index contributed by atoms with van der Waals surface area (Å²) in [6.07, 6.45) is 2.12. The normalized spacial score (nSPS) is 17.2. The molecule has 1 aliphatic heterocycles. The number of sulfonamides is 1. The SMILES string of the molecule is O=S(=O)(NCCSC1CCOCC1)c1ccc(Br)cc1. The number of thioether (sulfide) groups is 1. The molecule has 2 rings (SSSR count). The molecule has 1 aliphatic rings. The van der Waals surface area contributed by atoms with Crippen LogP contribution in [0.5, 0.6) is 0 Å². The van der Waals surface area contributed by atoms with Gasteiger partial charge in [-0.1, -0.05) is 15.9 Å². The molecule has 0 spiro atoms. The van der Waals surface area contributed by atoms with Gasteiger partial charge < -0.3 is 4.74 Å². The van der Waals surface area contributed by atoms with Gasteiger partial charge in [-0.25, -0.2) is 13.1 Å². The van der Waals surface area contributed by atoms with Crippen LogP contribution < -0.4 is 4.72 Å². The van der Waals surface area contributed by atoms with E-state index in [1.165, 1.54) is 0 Å². The van der Waals surface area contributed by atoms with Gasteiger partial charge in [0.2, 0.25) is 10.0 Å². The molecule has 0 saturated carbocycles. The average molecular weight is 380 g/mol. The van der Waals surface area contributed by atoms with Gasteiger partial charge in [-0.05, 0) is 37.1 Å². The molecule has 0 radical (unpaired) electrons. The Morgan fingerprint density at radius 2 is 1.90 bits per heavy atom. The van der Waals surface area contributed by atoms with Gasteiger partial charge in [-0.15, -0.1) is 0 Å². The molecule has 0 amide bonds. The number of nitrogens with one attached hydrogen (secondary N) is 1. The van der Waals surface area contributed by atoms with Crippen LogP contribution in [0.2, 0.25) is 0 Å². The molecular formula is C13H18BrNO3S2. The molecule has 1 fully saturated rings. The van der Waals surface area contributed by atoms with Gasteiger partial charge in [0.25, 0.3) is 0 Å². The molecular weight excluding hydrogens is 362 g/mol. The zero-order valence-corrected chi connectivity index (χ0v) is 14.3. The van der Waals surface area contributed by atoms with E-state index in [2.05, 4.69) is 20.7 Å². The monoisotopic (exact) mass is 379 g/mol. The lowest BCUT2D eigenvalue weighted by molar-refractivity contribution is 0.100. The maximum absolute atomic E-state index is 12.0. The predicted molar refractivity (Wildman–Crippen MR) is 85.6 cm³/mol. The lowest BCUT2D eigenvalue weighted by Gasteiger charge is -2.21. The molecule has 112 valence electrons. The fraction of sp³-hybridized carbons (Fsp3) is 0.538. The molecule has 1 heterocycles. The van der Waals surface area contributed by atoms with E-state index in [-0.39, 0.29) is 0 Å². The number of hydrogen-bond acceptors (Lipinski definition) is 4. The van der Waals surface area contributed by atoms with Crippen molar-refractivity contribution in [1.29, 1.82) is 0 Å². The van der Waals surface area contributed by atoms with Crippen LogP contribution in [0.1, 0.15) is 12.8 Å². The van der Waals surface area contributed by atoms with E-state index in [1.54, 1.807) is 24.3 Å². The third-order valence-corrected chi connectivity index (χ3v) is 6.43. The smallest absolute Gasteiger partial charge is 0.240 e. The highest BCUT2D eigenvalue weighted by molar-refractivity contribution is 9.10. The van der Waals surface area contributed by atoms with E-state index in [0.29, 0.717) is 16.7 Å². The van der Waals surface area contributed by atoms with E-state index in [9.17, 15) is 8.42 Å². The lowest BCUT2D eigenvalue weighted by Crippen LogP contribution is -2.27. The van der Waals surface area contributed by atoms with Crippen LogP contribution in [0.3, 0.4) is 0 Å². The fourth-order valence-corrected chi connectivity index (χ4v) is 4.45. The molecule has 1 saturated heterocycles. The summed E-state index contributed by atoms with van der Waals surface area (Å²) in [6, 6.07) is 6.65. The summed E-state index contributed by atoms with van der Waals surface area (Å²) in [4.78, 5) is 0.303. The first-order valence-electron chi connectivity index (χ1n) is 6.52. The van der Waals surface area contributed by atoms with Crippen molar-refractivity contribution >= 4 is 37.7 Å². The summed E-state index contributed by atoms with van der Waals surface area (Å²) in [5, 5.41) is 0.598. The first-order valence-corrected chi connectivity index (χ1v) is 9.85. The van der Waals surface area contributed by atoms with Crippen molar-refractivity contribution in [3.8, 4) is 0 Å². The maximum Gasteiger partial charge on any atom is 0.240 e. The van der Waals surface area contributed by atoms with Crippen molar-refractivity contribution in [3.05, 3.63) is 28.7 Å². The van der Waals surface area contributed by atoms with Crippen LogP contribution >= 0.6 is 27.7 Å². The Kier molecular flexibility index (Phi) is 6.35. The standard InChI is InChI=1S/C13H18BrNO3S2/c14-11-1-3-13(4-2-11)20(16,17)15-7-10-19-12-5-8-18-9-6-12/h1-4,12,15H,5-10H2. The zero-order chi connectivity index (χ0) is 14.4. The molecule has 1 aromatic rings. The first kappa shape index (κ1) is 16.3. The second kappa shape index (κ2) is 7.79. The minimum absolute atomic E-state index is 0.303. The van der Waals surface area contributed by atoms with Crippen LogP contribution in [0.25, 0.3) is 0 Å². The second-order valence-corrected chi connectivity index (χ2v) is 8.63. The Morgan fingerprint density at radius 1 is 1.25 bits per heavy atom. The van der Waals surface area contributed by atoms with Crippen LogP contribution in [0, 0.1) is 0 Å². The average Bonchev–Trinajstić information content (AvgIpc) is 2.45. The summed E-state index contributed by atoms with van der Waals surface area (Å²) in [6.45, 7) is 2.10. The molecule has 7 heteroatoms. The van der Waals surface area contributed by atoms with Gasteiger partial charge in [-0.3, -0.25) is 0 Å². The Balaban J connectivity index is 1.76. The van der Waals surface area contributed by atoms with Crippen molar-refractivity contribution in [2.24, 2.45) is 0 Å². The van der Waals surface area contributed by atoms with E-state index < -0.39 is 10.0 Å². The van der Waals surface area contributed by atoms with Crippen LogP contribution in [-0.2, 0) is 14.8 Å². The van der Waals surface area contributed by atoms with Gasteiger partial charge in [0, 0.05) is 35.2 Å². The largest absolute Gasteiger partial charge is 0.381 e. The molecule has 1 aromatic carbocycles. The van der Waals surface area contributed by atoms with E-state index >= 15 is 0 Å². The van der Waals surface area contributed by atoms with Crippen molar-refractivity contribution in [3.63, 3.8) is 0 Å². The molecule has 0 atom stereocenters. The lowest BCUT2D eigenvalue weighted by atomic mass is 10.2. The molecule has 0 bridgehead atoms. The minimum Gasteiger partial charge on any atom is -0.381 e. The number of halogens is 1. The van der Waals surface area contributed by atoms with Crippen molar-refractivity contribution in [1.82, 2.24) is 4.72 Å². The summed E-state index contributed by atoms with van der Waals surface area (Å²) in [7, 11) is -3.39. The van der Waals surface area contributed by atoms with Crippen LogP contribution in [-0.4, -0.2) is 39.2 Å². The molecule has 4 nitrogen and oxygen atoms in total. The maximum atomic E-state index is 12.0. The highest BCUT2D eigenvalue weighted by Gasteiger charge is 2.16. The molecule has 0 unspecified atom stereocenters. The van der Waals surface area contributed by atoms with Crippen LogP contribution in [0.4, 0.5) is 0 Å². The number of hydrogen-bond donors (Lipinski definition) is 1.